The average molecular weight is 205 g/mol. The molecular formula is C13H16FN. The third-order valence-corrected chi connectivity index (χ3v) is 2.70. The highest BCUT2D eigenvalue weighted by molar-refractivity contribution is 5.66. The topological polar surface area (TPSA) is 12.0 Å². The van der Waals surface area contributed by atoms with Crippen LogP contribution in [0.5, 0.6) is 0 Å². The lowest BCUT2D eigenvalue weighted by atomic mass is 10.0. The van der Waals surface area contributed by atoms with Gasteiger partial charge in [-0.25, -0.2) is 4.39 Å². The van der Waals surface area contributed by atoms with E-state index in [9.17, 15) is 4.39 Å². The van der Waals surface area contributed by atoms with Gasteiger partial charge in [0.1, 0.15) is 5.82 Å². The number of hydrogen-bond donors (Lipinski definition) is 1. The van der Waals surface area contributed by atoms with Gasteiger partial charge in [0.2, 0.25) is 0 Å². The lowest BCUT2D eigenvalue weighted by Gasteiger charge is -2.07. The van der Waals surface area contributed by atoms with Crippen LogP contribution in [0.1, 0.15) is 24.0 Å². The molecule has 1 aliphatic rings. The molecule has 1 nitrogen and oxygen atoms in total. The van der Waals surface area contributed by atoms with Crippen molar-refractivity contribution in [2.45, 2.75) is 19.8 Å². The monoisotopic (exact) mass is 205 g/mol. The Morgan fingerprint density at radius 3 is 2.87 bits per heavy atom. The van der Waals surface area contributed by atoms with Crippen LogP contribution < -0.4 is 5.32 Å². The number of rotatable bonds is 1. The minimum absolute atomic E-state index is 0.136. The number of halogens is 1. The summed E-state index contributed by atoms with van der Waals surface area (Å²) in [5.41, 5.74) is 3.29. The first-order valence-corrected chi connectivity index (χ1v) is 5.43. The van der Waals surface area contributed by atoms with Crippen molar-refractivity contribution in [1.82, 2.24) is 5.32 Å². The van der Waals surface area contributed by atoms with Gasteiger partial charge in [-0.15, -0.1) is 0 Å². The van der Waals surface area contributed by atoms with Crippen molar-refractivity contribution in [3.05, 3.63) is 41.2 Å². The first-order chi connectivity index (χ1) is 7.25. The molecule has 0 radical (unpaired) electrons. The first kappa shape index (κ1) is 10.4. The largest absolute Gasteiger partial charge is 0.316 e. The molecule has 2 rings (SSSR count). The highest BCUT2D eigenvalue weighted by atomic mass is 19.1. The zero-order valence-corrected chi connectivity index (χ0v) is 9.02. The second-order valence-electron chi connectivity index (χ2n) is 4.04. The van der Waals surface area contributed by atoms with E-state index in [1.165, 1.54) is 5.57 Å². The second-order valence-corrected chi connectivity index (χ2v) is 4.04. The fourth-order valence-corrected chi connectivity index (χ4v) is 1.98. The predicted octanol–water partition coefficient (Wildman–Crippen LogP) is 2.90. The van der Waals surface area contributed by atoms with Gasteiger partial charge in [0.25, 0.3) is 0 Å². The Kier molecular flexibility index (Phi) is 3.17. The summed E-state index contributed by atoms with van der Waals surface area (Å²) < 4.78 is 13.2. The van der Waals surface area contributed by atoms with Gasteiger partial charge >= 0.3 is 0 Å². The third kappa shape index (κ3) is 2.66. The molecule has 1 N–H and O–H groups in total. The quantitative estimate of drug-likeness (QED) is 0.743. The number of benzene rings is 1. The minimum atomic E-state index is -0.136. The van der Waals surface area contributed by atoms with Gasteiger partial charge < -0.3 is 5.32 Å². The zero-order valence-electron chi connectivity index (χ0n) is 9.02. The molecule has 2 heteroatoms. The van der Waals surface area contributed by atoms with E-state index in [-0.39, 0.29) is 5.82 Å². The van der Waals surface area contributed by atoms with Crippen molar-refractivity contribution in [2.75, 3.05) is 13.1 Å². The standard InChI is InChI=1S/C13H16FN/c1-10-7-12(9-13(14)8-10)11-3-2-5-15-6-4-11/h3,7-9,15H,2,4-6H2,1H3. The molecule has 0 atom stereocenters. The van der Waals surface area contributed by atoms with Crippen molar-refractivity contribution in [3.63, 3.8) is 0 Å². The van der Waals surface area contributed by atoms with Gasteiger partial charge in [-0.3, -0.25) is 0 Å². The summed E-state index contributed by atoms with van der Waals surface area (Å²) >= 11 is 0. The molecule has 0 fully saturated rings. The molecule has 15 heavy (non-hydrogen) atoms. The zero-order chi connectivity index (χ0) is 10.7. The summed E-state index contributed by atoms with van der Waals surface area (Å²) in [5.74, 6) is -0.136. The second kappa shape index (κ2) is 4.58. The highest BCUT2D eigenvalue weighted by Gasteiger charge is 2.06. The minimum Gasteiger partial charge on any atom is -0.316 e. The van der Waals surface area contributed by atoms with Crippen molar-refractivity contribution in [2.24, 2.45) is 0 Å². The Labute approximate surface area is 90.0 Å². The Hall–Kier alpha value is -1.15. The van der Waals surface area contributed by atoms with E-state index in [1.54, 1.807) is 12.1 Å². The van der Waals surface area contributed by atoms with Gasteiger partial charge in [0.15, 0.2) is 0 Å². The van der Waals surface area contributed by atoms with Gasteiger partial charge in [-0.05, 0) is 61.7 Å². The molecule has 0 unspecified atom stereocenters. The highest BCUT2D eigenvalue weighted by Crippen LogP contribution is 2.22. The van der Waals surface area contributed by atoms with Crippen molar-refractivity contribution in [3.8, 4) is 0 Å². The van der Waals surface area contributed by atoms with Crippen molar-refractivity contribution >= 4 is 5.57 Å². The molecule has 1 aliphatic heterocycles. The first-order valence-electron chi connectivity index (χ1n) is 5.43. The van der Waals surface area contributed by atoms with Crippen LogP contribution in [0.4, 0.5) is 4.39 Å². The van der Waals surface area contributed by atoms with Crippen LogP contribution in [0.15, 0.2) is 24.3 Å². The molecule has 80 valence electrons. The molecule has 0 spiro atoms. The van der Waals surface area contributed by atoms with E-state index in [2.05, 4.69) is 17.5 Å². The summed E-state index contributed by atoms with van der Waals surface area (Å²) in [6.07, 6.45) is 4.24. The molecule has 1 aromatic rings. The fourth-order valence-electron chi connectivity index (χ4n) is 1.98. The SMILES string of the molecule is Cc1cc(F)cc(C2=CCCNCC2)c1. The molecule has 0 aliphatic carbocycles. The van der Waals surface area contributed by atoms with Crippen LogP contribution in [-0.4, -0.2) is 13.1 Å². The molecule has 1 aromatic carbocycles. The van der Waals surface area contributed by atoms with E-state index < -0.39 is 0 Å². The van der Waals surface area contributed by atoms with Gasteiger partial charge in [0, 0.05) is 0 Å². The number of hydrogen-bond acceptors (Lipinski definition) is 1. The van der Waals surface area contributed by atoms with E-state index in [4.69, 9.17) is 0 Å². The molecule has 0 saturated carbocycles. The summed E-state index contributed by atoms with van der Waals surface area (Å²) in [4.78, 5) is 0. The Morgan fingerprint density at radius 1 is 1.20 bits per heavy atom. The summed E-state index contributed by atoms with van der Waals surface area (Å²) in [6, 6.07) is 5.25. The van der Waals surface area contributed by atoms with Crippen LogP contribution in [0.25, 0.3) is 5.57 Å². The maximum atomic E-state index is 13.2. The maximum Gasteiger partial charge on any atom is 0.124 e. The summed E-state index contributed by atoms with van der Waals surface area (Å²) in [7, 11) is 0. The molecule has 0 amide bonds. The number of nitrogens with one attached hydrogen (secondary N) is 1. The van der Waals surface area contributed by atoms with E-state index in [0.717, 1.165) is 37.1 Å². The van der Waals surface area contributed by atoms with Crippen LogP contribution in [-0.2, 0) is 0 Å². The van der Waals surface area contributed by atoms with Crippen LogP contribution in [0.3, 0.4) is 0 Å². The van der Waals surface area contributed by atoms with E-state index >= 15 is 0 Å². The van der Waals surface area contributed by atoms with Crippen molar-refractivity contribution < 1.29 is 4.39 Å². The molecule has 0 bridgehead atoms. The van der Waals surface area contributed by atoms with E-state index in [0.29, 0.717) is 0 Å². The Balaban J connectivity index is 2.31. The lowest BCUT2D eigenvalue weighted by molar-refractivity contribution is 0.626. The summed E-state index contributed by atoms with van der Waals surface area (Å²) in [6.45, 7) is 3.95. The molecule has 0 saturated heterocycles. The van der Waals surface area contributed by atoms with Gasteiger partial charge in [-0.1, -0.05) is 12.1 Å². The average Bonchev–Trinajstić information content (AvgIpc) is 2.43. The van der Waals surface area contributed by atoms with Crippen LogP contribution in [0.2, 0.25) is 0 Å². The smallest absolute Gasteiger partial charge is 0.124 e. The van der Waals surface area contributed by atoms with Crippen LogP contribution >= 0.6 is 0 Å². The lowest BCUT2D eigenvalue weighted by Crippen LogP contribution is -2.13. The van der Waals surface area contributed by atoms with Crippen LogP contribution in [0, 0.1) is 12.7 Å². The molecule has 1 heterocycles. The van der Waals surface area contributed by atoms with Gasteiger partial charge in [-0.2, -0.15) is 0 Å². The summed E-state index contributed by atoms with van der Waals surface area (Å²) in [5, 5.41) is 3.33. The predicted molar refractivity (Wildman–Crippen MR) is 61.2 cm³/mol. The Morgan fingerprint density at radius 2 is 2.07 bits per heavy atom. The van der Waals surface area contributed by atoms with E-state index in [1.807, 2.05) is 6.92 Å². The van der Waals surface area contributed by atoms with Crippen molar-refractivity contribution in [1.29, 1.82) is 0 Å². The van der Waals surface area contributed by atoms with Gasteiger partial charge in [0.05, 0.1) is 0 Å². The Bertz CT molecular complexity index is 362. The maximum absolute atomic E-state index is 13.2. The normalized spacial score (nSPS) is 17.1. The fraction of sp³-hybridized carbons (Fsp3) is 0.385. The molecule has 0 aromatic heterocycles. The number of aryl methyl sites for hydroxylation is 1. The third-order valence-electron chi connectivity index (χ3n) is 2.70. The molecular weight excluding hydrogens is 189 g/mol.